The molecule has 8 nitrogen and oxygen atoms in total. The predicted octanol–water partition coefficient (Wildman–Crippen LogP) is 6.59. The fourth-order valence-corrected chi connectivity index (χ4v) is 7.57. The van der Waals surface area contributed by atoms with Crippen LogP contribution in [-0.2, 0) is 22.4 Å². The summed E-state index contributed by atoms with van der Waals surface area (Å²) in [5.74, 6) is 1.55. The molecule has 1 aliphatic rings. The second kappa shape index (κ2) is 14.3. The van der Waals surface area contributed by atoms with E-state index in [0.717, 1.165) is 35.4 Å². The predicted molar refractivity (Wildman–Crippen MR) is 173 cm³/mol. The molecule has 2 amide bonds. The molecule has 10 heteroatoms. The van der Waals surface area contributed by atoms with Crippen LogP contribution in [-0.4, -0.2) is 46.1 Å². The number of nitrogens with one attached hydrogen (secondary N) is 2. The second-order valence-corrected chi connectivity index (χ2v) is 14.2. The van der Waals surface area contributed by atoms with Crippen molar-refractivity contribution in [2.75, 3.05) is 19.5 Å². The van der Waals surface area contributed by atoms with E-state index in [-0.39, 0.29) is 28.9 Å². The highest BCUT2D eigenvalue weighted by Gasteiger charge is 2.39. The van der Waals surface area contributed by atoms with Crippen molar-refractivity contribution in [2.24, 2.45) is 10.9 Å². The number of anilines is 1. The van der Waals surface area contributed by atoms with Gasteiger partial charge >= 0.3 is 0 Å². The molecule has 2 atom stereocenters. The smallest absolute Gasteiger partial charge is 0.230 e. The van der Waals surface area contributed by atoms with Crippen LogP contribution in [0.5, 0.6) is 5.75 Å². The molecule has 0 aliphatic heterocycles. The standard InChI is InChI=1S/C32H41N5O3S2/c1-20(2)25-13-9-7-11-21(25)18-27(38)34-30(33-5)42-32(3,4)24-16-15-23(17-24)29-36-37-31(41-29)35-28(39)19-22-12-8-10-14-26(22)40-6/h7-14,20,23-24H,15-19H2,1-6H3,(H,33,34,38)(H,35,37,39)/t23?,24-/m0/s1. The van der Waals surface area contributed by atoms with Crippen molar-refractivity contribution in [1.29, 1.82) is 0 Å². The average Bonchev–Trinajstić information content (AvgIpc) is 3.63. The number of hydrogen-bond acceptors (Lipinski definition) is 8. The summed E-state index contributed by atoms with van der Waals surface area (Å²) in [7, 11) is 3.33. The van der Waals surface area contributed by atoms with Crippen LogP contribution < -0.4 is 15.4 Å². The summed E-state index contributed by atoms with van der Waals surface area (Å²) in [6.45, 7) is 8.73. The lowest BCUT2D eigenvalue weighted by Crippen LogP contribution is -2.35. The summed E-state index contributed by atoms with van der Waals surface area (Å²) >= 11 is 3.08. The number of nitrogens with zero attached hydrogens (tertiary/aromatic N) is 3. The van der Waals surface area contributed by atoms with Gasteiger partial charge in [0.1, 0.15) is 10.8 Å². The van der Waals surface area contributed by atoms with Crippen LogP contribution in [0.4, 0.5) is 5.13 Å². The van der Waals surface area contributed by atoms with E-state index in [1.165, 1.54) is 16.9 Å². The zero-order chi connectivity index (χ0) is 30.3. The third-order valence-corrected chi connectivity index (χ3v) is 10.2. The Bertz CT molecular complexity index is 1420. The maximum absolute atomic E-state index is 13.0. The van der Waals surface area contributed by atoms with Crippen LogP contribution >= 0.6 is 23.1 Å². The SMILES string of the molecule is CN=C(NC(=O)Cc1ccccc1C(C)C)SC(C)(C)[C@H]1CCC(c2nnc(NC(=O)Cc3ccccc3OC)s2)C1. The molecule has 0 bridgehead atoms. The molecule has 3 aromatic rings. The first kappa shape index (κ1) is 31.7. The first-order chi connectivity index (χ1) is 20.1. The quantitative estimate of drug-likeness (QED) is 0.199. The Morgan fingerprint density at radius 3 is 2.45 bits per heavy atom. The first-order valence-electron chi connectivity index (χ1n) is 14.4. The average molecular weight is 608 g/mol. The van der Waals surface area contributed by atoms with Gasteiger partial charge in [-0.15, -0.1) is 10.2 Å². The summed E-state index contributed by atoms with van der Waals surface area (Å²) < 4.78 is 5.22. The van der Waals surface area contributed by atoms with Gasteiger partial charge in [-0.3, -0.25) is 14.6 Å². The molecular formula is C32H41N5O3S2. The van der Waals surface area contributed by atoms with E-state index >= 15 is 0 Å². The van der Waals surface area contributed by atoms with Crippen molar-refractivity contribution in [3.8, 4) is 5.75 Å². The van der Waals surface area contributed by atoms with Crippen molar-refractivity contribution in [3.63, 3.8) is 0 Å². The number of para-hydroxylation sites is 1. The van der Waals surface area contributed by atoms with Gasteiger partial charge in [0.2, 0.25) is 16.9 Å². The number of thioether (sulfide) groups is 1. The van der Waals surface area contributed by atoms with E-state index < -0.39 is 0 Å². The Balaban J connectivity index is 1.30. The van der Waals surface area contributed by atoms with E-state index in [4.69, 9.17) is 4.74 Å². The molecule has 1 fully saturated rings. The molecule has 1 aliphatic carbocycles. The van der Waals surface area contributed by atoms with Gasteiger partial charge in [-0.2, -0.15) is 0 Å². The van der Waals surface area contributed by atoms with Gasteiger partial charge in [0.25, 0.3) is 0 Å². The number of amides is 2. The molecule has 4 rings (SSSR count). The van der Waals surface area contributed by atoms with Crippen LogP contribution in [0.25, 0.3) is 0 Å². The Morgan fingerprint density at radius 2 is 1.74 bits per heavy atom. The molecule has 42 heavy (non-hydrogen) atoms. The number of amidine groups is 1. The highest BCUT2D eigenvalue weighted by Crippen LogP contribution is 2.48. The lowest BCUT2D eigenvalue weighted by atomic mass is 9.92. The molecule has 0 spiro atoms. The second-order valence-electron chi connectivity index (χ2n) is 11.5. The minimum Gasteiger partial charge on any atom is -0.496 e. The number of aliphatic imine (C=N–C) groups is 1. The lowest BCUT2D eigenvalue weighted by Gasteiger charge is -2.31. The molecule has 1 aromatic heterocycles. The third kappa shape index (κ3) is 8.19. The van der Waals surface area contributed by atoms with E-state index in [9.17, 15) is 9.59 Å². The van der Waals surface area contributed by atoms with Gasteiger partial charge in [-0.25, -0.2) is 0 Å². The number of methoxy groups -OCH3 is 1. The number of benzene rings is 2. The molecule has 2 aromatic carbocycles. The normalized spacial score (nSPS) is 17.4. The van der Waals surface area contributed by atoms with Crippen molar-refractivity contribution in [3.05, 3.63) is 70.2 Å². The van der Waals surface area contributed by atoms with Crippen LogP contribution in [0.1, 0.15) is 80.5 Å². The molecule has 1 heterocycles. The fourth-order valence-electron chi connectivity index (χ4n) is 5.53. The summed E-state index contributed by atoms with van der Waals surface area (Å²) in [5, 5.41) is 16.7. The van der Waals surface area contributed by atoms with Gasteiger partial charge in [-0.1, -0.05) is 79.4 Å². The van der Waals surface area contributed by atoms with Crippen LogP contribution in [0.2, 0.25) is 0 Å². The molecule has 0 radical (unpaired) electrons. The number of aromatic nitrogens is 2. The molecule has 1 saturated carbocycles. The minimum absolute atomic E-state index is 0.0505. The zero-order valence-electron chi connectivity index (χ0n) is 25.3. The molecular weight excluding hydrogens is 567 g/mol. The van der Waals surface area contributed by atoms with E-state index in [0.29, 0.717) is 34.3 Å². The zero-order valence-corrected chi connectivity index (χ0v) is 26.9. The van der Waals surface area contributed by atoms with Gasteiger partial charge in [0.05, 0.1) is 20.0 Å². The number of rotatable bonds is 10. The van der Waals surface area contributed by atoms with E-state index in [1.54, 1.807) is 25.9 Å². The summed E-state index contributed by atoms with van der Waals surface area (Å²) in [6.07, 6.45) is 3.56. The number of hydrogen-bond donors (Lipinski definition) is 2. The maximum Gasteiger partial charge on any atom is 0.230 e. The van der Waals surface area contributed by atoms with Crippen LogP contribution in [0.15, 0.2) is 53.5 Å². The van der Waals surface area contributed by atoms with Gasteiger partial charge in [0.15, 0.2) is 5.17 Å². The van der Waals surface area contributed by atoms with Gasteiger partial charge in [0, 0.05) is 23.3 Å². The summed E-state index contributed by atoms with van der Waals surface area (Å²) in [4.78, 5) is 30.0. The van der Waals surface area contributed by atoms with Gasteiger partial charge < -0.3 is 15.4 Å². The highest BCUT2D eigenvalue weighted by molar-refractivity contribution is 8.15. The first-order valence-corrected chi connectivity index (χ1v) is 16.0. The molecule has 224 valence electrons. The summed E-state index contributed by atoms with van der Waals surface area (Å²) in [5.41, 5.74) is 3.08. The minimum atomic E-state index is -0.148. The van der Waals surface area contributed by atoms with Crippen LogP contribution in [0, 0.1) is 5.92 Å². The van der Waals surface area contributed by atoms with Crippen molar-refractivity contribution >= 4 is 45.2 Å². The maximum atomic E-state index is 13.0. The topological polar surface area (TPSA) is 106 Å². The van der Waals surface area contributed by atoms with Crippen molar-refractivity contribution in [1.82, 2.24) is 15.5 Å². The monoisotopic (exact) mass is 607 g/mol. The largest absolute Gasteiger partial charge is 0.496 e. The summed E-state index contributed by atoms with van der Waals surface area (Å²) in [6, 6.07) is 15.6. The van der Waals surface area contributed by atoms with Crippen molar-refractivity contribution < 1.29 is 14.3 Å². The van der Waals surface area contributed by atoms with Crippen molar-refractivity contribution in [2.45, 2.75) is 76.4 Å². The fraction of sp³-hybridized carbons (Fsp3) is 0.469. The number of carbonyl (C=O) groups excluding carboxylic acids is 2. The van der Waals surface area contributed by atoms with Gasteiger partial charge in [-0.05, 0) is 62.1 Å². The Kier molecular flexibility index (Phi) is 10.8. The van der Waals surface area contributed by atoms with E-state index in [1.807, 2.05) is 42.5 Å². The van der Waals surface area contributed by atoms with E-state index in [2.05, 4.69) is 59.6 Å². The highest BCUT2D eigenvalue weighted by atomic mass is 32.2. The Hall–Kier alpha value is -3.24. The molecule has 1 unspecified atom stereocenters. The Morgan fingerprint density at radius 1 is 1.05 bits per heavy atom. The lowest BCUT2D eigenvalue weighted by molar-refractivity contribution is -0.119. The van der Waals surface area contributed by atoms with Crippen LogP contribution in [0.3, 0.4) is 0 Å². The molecule has 0 saturated heterocycles. The number of ether oxygens (including phenoxy) is 1. The Labute approximate surface area is 257 Å². The third-order valence-electron chi connectivity index (χ3n) is 7.83. The number of carbonyl (C=O) groups is 2. The molecule has 2 N–H and O–H groups in total.